The number of carbonyl (C=O) groups is 2. The van der Waals surface area contributed by atoms with Crippen LogP contribution in [0.1, 0.15) is 39.0 Å². The van der Waals surface area contributed by atoms with Crippen molar-refractivity contribution in [2.24, 2.45) is 5.92 Å². The molecule has 1 rings (SSSR count). The van der Waals surface area contributed by atoms with Gasteiger partial charge in [-0.3, -0.25) is 9.59 Å². The molecule has 0 aromatic carbocycles. The minimum absolute atomic E-state index is 0.0607. The van der Waals surface area contributed by atoms with Gasteiger partial charge in [0.25, 0.3) is 0 Å². The molecule has 0 saturated carbocycles. The Bertz CT molecular complexity index is 402. The van der Waals surface area contributed by atoms with Crippen LogP contribution in [0.2, 0.25) is 0 Å². The Morgan fingerprint density at radius 3 is 2.61 bits per heavy atom. The van der Waals surface area contributed by atoms with Crippen molar-refractivity contribution in [1.29, 1.82) is 0 Å². The predicted octanol–water partition coefficient (Wildman–Crippen LogP) is 2.36. The molecular formula is C15H25F3N2O3. The van der Waals surface area contributed by atoms with Crippen LogP contribution in [-0.2, 0) is 9.59 Å². The van der Waals surface area contributed by atoms with E-state index >= 15 is 0 Å². The van der Waals surface area contributed by atoms with E-state index in [1.165, 1.54) is 0 Å². The Morgan fingerprint density at radius 2 is 2.04 bits per heavy atom. The molecular weight excluding hydrogens is 313 g/mol. The molecule has 0 aromatic heterocycles. The molecule has 1 saturated heterocycles. The summed E-state index contributed by atoms with van der Waals surface area (Å²) in [5.74, 6) is -1.73. The second kappa shape index (κ2) is 9.10. The van der Waals surface area contributed by atoms with Crippen molar-refractivity contribution in [2.75, 3.05) is 32.7 Å². The van der Waals surface area contributed by atoms with Crippen molar-refractivity contribution in [1.82, 2.24) is 9.80 Å². The zero-order valence-electron chi connectivity index (χ0n) is 13.4. The van der Waals surface area contributed by atoms with E-state index in [2.05, 4.69) is 0 Å². The SMILES string of the molecule is CCCN(CC(F)(F)F)C(=O)[C@H]1CCCN(CCCC(=O)O)C1. The van der Waals surface area contributed by atoms with Crippen LogP contribution >= 0.6 is 0 Å². The van der Waals surface area contributed by atoms with Crippen LogP contribution in [0.5, 0.6) is 0 Å². The molecule has 1 atom stereocenters. The summed E-state index contributed by atoms with van der Waals surface area (Å²) in [7, 11) is 0. The molecule has 0 aliphatic carbocycles. The molecule has 1 N–H and O–H groups in total. The molecule has 5 nitrogen and oxygen atoms in total. The lowest BCUT2D eigenvalue weighted by atomic mass is 9.96. The summed E-state index contributed by atoms with van der Waals surface area (Å²) in [4.78, 5) is 25.8. The fourth-order valence-electron chi connectivity index (χ4n) is 2.93. The van der Waals surface area contributed by atoms with Gasteiger partial charge in [-0.15, -0.1) is 0 Å². The second-order valence-electron chi connectivity index (χ2n) is 6.01. The molecule has 1 heterocycles. The molecule has 0 spiro atoms. The summed E-state index contributed by atoms with van der Waals surface area (Å²) in [6.07, 6.45) is -2.03. The fourth-order valence-corrected chi connectivity index (χ4v) is 2.93. The summed E-state index contributed by atoms with van der Waals surface area (Å²) >= 11 is 0. The summed E-state index contributed by atoms with van der Waals surface area (Å²) in [6, 6.07) is 0. The van der Waals surface area contributed by atoms with E-state index in [4.69, 9.17) is 5.11 Å². The van der Waals surface area contributed by atoms with Gasteiger partial charge in [0.05, 0.1) is 5.92 Å². The fraction of sp³-hybridized carbons (Fsp3) is 0.867. The lowest BCUT2D eigenvalue weighted by Gasteiger charge is -2.35. The van der Waals surface area contributed by atoms with Crippen molar-refractivity contribution in [2.45, 2.75) is 45.2 Å². The number of piperidine rings is 1. The summed E-state index contributed by atoms with van der Waals surface area (Å²) in [5.41, 5.74) is 0. The minimum Gasteiger partial charge on any atom is -0.481 e. The van der Waals surface area contributed by atoms with Crippen LogP contribution in [0.4, 0.5) is 13.2 Å². The molecule has 0 aromatic rings. The van der Waals surface area contributed by atoms with Crippen LogP contribution in [0, 0.1) is 5.92 Å². The number of amides is 1. The molecule has 134 valence electrons. The maximum atomic E-state index is 12.6. The maximum Gasteiger partial charge on any atom is 0.406 e. The predicted molar refractivity (Wildman–Crippen MR) is 79.0 cm³/mol. The Kier molecular flexibility index (Phi) is 7.81. The monoisotopic (exact) mass is 338 g/mol. The number of carboxylic acid groups (broad SMARTS) is 1. The lowest BCUT2D eigenvalue weighted by molar-refractivity contribution is -0.164. The number of carboxylic acids is 1. The smallest absolute Gasteiger partial charge is 0.406 e. The van der Waals surface area contributed by atoms with Gasteiger partial charge in [-0.1, -0.05) is 6.92 Å². The number of likely N-dealkylation sites (tertiary alicyclic amines) is 1. The summed E-state index contributed by atoms with van der Waals surface area (Å²) in [5, 5.41) is 8.64. The summed E-state index contributed by atoms with van der Waals surface area (Å²) < 4.78 is 37.8. The van der Waals surface area contributed by atoms with Gasteiger partial charge in [-0.25, -0.2) is 0 Å². The number of nitrogens with zero attached hydrogens (tertiary/aromatic N) is 2. The molecule has 0 bridgehead atoms. The van der Waals surface area contributed by atoms with Gasteiger partial charge in [-0.2, -0.15) is 13.2 Å². The van der Waals surface area contributed by atoms with Gasteiger partial charge in [0, 0.05) is 19.5 Å². The third kappa shape index (κ3) is 7.67. The highest BCUT2D eigenvalue weighted by molar-refractivity contribution is 5.79. The van der Waals surface area contributed by atoms with Crippen LogP contribution in [-0.4, -0.2) is 65.7 Å². The topological polar surface area (TPSA) is 60.9 Å². The van der Waals surface area contributed by atoms with Gasteiger partial charge < -0.3 is 14.9 Å². The Hall–Kier alpha value is -1.31. The van der Waals surface area contributed by atoms with Gasteiger partial charge in [0.15, 0.2) is 0 Å². The number of rotatable bonds is 8. The van der Waals surface area contributed by atoms with Gasteiger partial charge in [0.2, 0.25) is 5.91 Å². The first-order chi connectivity index (χ1) is 10.7. The van der Waals surface area contributed by atoms with E-state index in [-0.39, 0.29) is 13.0 Å². The first kappa shape index (κ1) is 19.7. The summed E-state index contributed by atoms with van der Waals surface area (Å²) in [6.45, 7) is 2.38. The largest absolute Gasteiger partial charge is 0.481 e. The van der Waals surface area contributed by atoms with Gasteiger partial charge >= 0.3 is 12.1 Å². The number of aliphatic carboxylic acids is 1. The highest BCUT2D eigenvalue weighted by atomic mass is 19.4. The zero-order chi connectivity index (χ0) is 17.5. The van der Waals surface area contributed by atoms with Crippen LogP contribution in [0.25, 0.3) is 0 Å². The van der Waals surface area contributed by atoms with Crippen molar-refractivity contribution in [3.05, 3.63) is 0 Å². The molecule has 23 heavy (non-hydrogen) atoms. The average molecular weight is 338 g/mol. The van der Waals surface area contributed by atoms with Crippen LogP contribution < -0.4 is 0 Å². The average Bonchev–Trinajstić information content (AvgIpc) is 2.44. The van der Waals surface area contributed by atoms with E-state index in [0.717, 1.165) is 17.9 Å². The number of alkyl halides is 3. The highest BCUT2D eigenvalue weighted by Crippen LogP contribution is 2.23. The van der Waals surface area contributed by atoms with E-state index in [1.807, 2.05) is 4.90 Å². The van der Waals surface area contributed by atoms with E-state index in [9.17, 15) is 22.8 Å². The standard InChI is InChI=1S/C15H25F3N2O3/c1-2-7-20(11-15(16,17)18)14(23)12-5-3-8-19(10-12)9-4-6-13(21)22/h12H,2-11H2,1H3,(H,21,22)/t12-/m0/s1. The van der Waals surface area contributed by atoms with Crippen molar-refractivity contribution in [3.8, 4) is 0 Å². The maximum absolute atomic E-state index is 12.6. The van der Waals surface area contributed by atoms with E-state index in [1.54, 1.807) is 6.92 Å². The van der Waals surface area contributed by atoms with Crippen molar-refractivity contribution in [3.63, 3.8) is 0 Å². The zero-order valence-corrected chi connectivity index (χ0v) is 13.4. The van der Waals surface area contributed by atoms with E-state index in [0.29, 0.717) is 32.4 Å². The second-order valence-corrected chi connectivity index (χ2v) is 6.01. The molecule has 0 radical (unpaired) electrons. The first-order valence-electron chi connectivity index (χ1n) is 8.02. The third-order valence-electron chi connectivity index (χ3n) is 3.90. The number of hydrogen-bond acceptors (Lipinski definition) is 3. The molecule has 1 aliphatic heterocycles. The van der Waals surface area contributed by atoms with E-state index < -0.39 is 30.5 Å². The van der Waals surface area contributed by atoms with Gasteiger partial charge in [-0.05, 0) is 38.8 Å². The molecule has 0 unspecified atom stereocenters. The third-order valence-corrected chi connectivity index (χ3v) is 3.90. The Balaban J connectivity index is 2.56. The Labute approximate surface area is 134 Å². The number of halogens is 3. The normalized spacial score (nSPS) is 19.6. The quantitative estimate of drug-likeness (QED) is 0.738. The first-order valence-corrected chi connectivity index (χ1v) is 8.02. The van der Waals surface area contributed by atoms with Crippen LogP contribution in [0.15, 0.2) is 0 Å². The molecule has 1 aliphatic rings. The number of hydrogen-bond donors (Lipinski definition) is 1. The molecule has 1 fully saturated rings. The lowest BCUT2D eigenvalue weighted by Crippen LogP contribution is -2.47. The minimum atomic E-state index is -4.39. The highest BCUT2D eigenvalue weighted by Gasteiger charge is 2.36. The number of carbonyl (C=O) groups excluding carboxylic acids is 1. The Morgan fingerprint density at radius 1 is 1.35 bits per heavy atom. The molecule has 8 heteroatoms. The van der Waals surface area contributed by atoms with Crippen LogP contribution in [0.3, 0.4) is 0 Å². The molecule has 1 amide bonds. The van der Waals surface area contributed by atoms with Crippen molar-refractivity contribution >= 4 is 11.9 Å². The van der Waals surface area contributed by atoms with Crippen molar-refractivity contribution < 1.29 is 27.9 Å². The van der Waals surface area contributed by atoms with Gasteiger partial charge in [0.1, 0.15) is 6.54 Å².